The fraction of sp³-hybridized carbons (Fsp3) is 0.269. The van der Waals surface area contributed by atoms with Crippen molar-refractivity contribution in [1.29, 1.82) is 0 Å². The number of carbonyl (C=O) groups excluding carboxylic acids is 1. The number of hydrogen-bond donors (Lipinski definition) is 1. The van der Waals surface area contributed by atoms with E-state index in [4.69, 9.17) is 0 Å². The summed E-state index contributed by atoms with van der Waals surface area (Å²) in [5.41, 5.74) is 1.79. The molecule has 0 saturated carbocycles. The number of hydrogen-bond acceptors (Lipinski definition) is 4. The van der Waals surface area contributed by atoms with Gasteiger partial charge in [-0.1, -0.05) is 30.3 Å². The summed E-state index contributed by atoms with van der Waals surface area (Å²) < 4.78 is 57.0. The highest BCUT2D eigenvalue weighted by Gasteiger charge is 2.32. The summed E-state index contributed by atoms with van der Waals surface area (Å²) in [6.07, 6.45) is -3.86. The Morgan fingerprint density at radius 3 is 2.43 bits per heavy atom. The molecule has 0 spiro atoms. The van der Waals surface area contributed by atoms with E-state index >= 15 is 0 Å². The van der Waals surface area contributed by atoms with Gasteiger partial charge in [-0.15, -0.1) is 13.2 Å². The lowest BCUT2D eigenvalue weighted by Gasteiger charge is -2.22. The molecule has 35 heavy (non-hydrogen) atoms. The van der Waals surface area contributed by atoms with Gasteiger partial charge in [-0.05, 0) is 62.5 Å². The number of amides is 1. The van der Waals surface area contributed by atoms with Crippen molar-refractivity contribution in [3.8, 4) is 16.9 Å². The first-order valence-corrected chi connectivity index (χ1v) is 11.1. The van der Waals surface area contributed by atoms with Gasteiger partial charge in [-0.2, -0.15) is 0 Å². The molecule has 1 N–H and O–H groups in total. The van der Waals surface area contributed by atoms with Crippen LogP contribution in [0.5, 0.6) is 5.75 Å². The van der Waals surface area contributed by atoms with Gasteiger partial charge in [0, 0.05) is 37.4 Å². The molecule has 1 aliphatic rings. The minimum Gasteiger partial charge on any atom is -0.405 e. The zero-order valence-electron chi connectivity index (χ0n) is 19.3. The van der Waals surface area contributed by atoms with Gasteiger partial charge in [-0.3, -0.25) is 4.79 Å². The molecule has 0 aliphatic carbocycles. The molecule has 1 saturated heterocycles. The van der Waals surface area contributed by atoms with Crippen LogP contribution in [-0.2, 0) is 0 Å². The van der Waals surface area contributed by atoms with Crippen LogP contribution >= 0.6 is 0 Å². The van der Waals surface area contributed by atoms with E-state index in [1.807, 2.05) is 19.0 Å². The first kappa shape index (κ1) is 24.5. The Hall–Kier alpha value is -3.59. The second-order valence-corrected chi connectivity index (χ2v) is 8.59. The van der Waals surface area contributed by atoms with E-state index in [1.54, 1.807) is 18.2 Å². The van der Waals surface area contributed by atoms with Gasteiger partial charge in [0.2, 0.25) is 0 Å². The average Bonchev–Trinajstić information content (AvgIpc) is 3.29. The van der Waals surface area contributed by atoms with Crippen LogP contribution in [0.3, 0.4) is 0 Å². The van der Waals surface area contributed by atoms with Crippen molar-refractivity contribution in [2.75, 3.05) is 37.4 Å². The Labute approximate surface area is 202 Å². The van der Waals surface area contributed by atoms with Crippen molar-refractivity contribution in [2.24, 2.45) is 0 Å². The standard InChI is InChI=1S/C26H25F4N3O2.H2/c1-32(2)20-13-14-33(16-20)23-12-11-19(15-22(23)27)31-25(34)18-9-7-17(8-10-18)21-5-3-4-6-24(21)35-26(28,29)30;/h3-12,15,20H,13-14,16H2,1-2H3,(H,31,34);1H. The maximum atomic E-state index is 14.8. The highest BCUT2D eigenvalue weighted by atomic mass is 19.4. The lowest BCUT2D eigenvalue weighted by molar-refractivity contribution is -0.274. The zero-order valence-corrected chi connectivity index (χ0v) is 19.3. The molecule has 0 bridgehead atoms. The van der Waals surface area contributed by atoms with Crippen molar-refractivity contribution >= 4 is 17.3 Å². The highest BCUT2D eigenvalue weighted by molar-refractivity contribution is 6.04. The van der Waals surface area contributed by atoms with Crippen LogP contribution in [0, 0.1) is 5.82 Å². The molecule has 1 atom stereocenters. The molecule has 1 fully saturated rings. The first-order chi connectivity index (χ1) is 16.6. The molecule has 3 aromatic rings. The molecule has 0 radical (unpaired) electrons. The molecule has 0 aromatic heterocycles. The Bertz CT molecular complexity index is 1200. The summed E-state index contributed by atoms with van der Waals surface area (Å²) in [6.45, 7) is 1.49. The zero-order chi connectivity index (χ0) is 25.2. The molecule has 9 heteroatoms. The third kappa shape index (κ3) is 5.92. The number of para-hydroxylation sites is 1. The number of nitrogens with one attached hydrogen (secondary N) is 1. The highest BCUT2D eigenvalue weighted by Crippen LogP contribution is 2.34. The number of carbonyl (C=O) groups is 1. The minimum absolute atomic E-state index is 0. The molecule has 5 nitrogen and oxygen atoms in total. The maximum Gasteiger partial charge on any atom is 0.573 e. The fourth-order valence-corrected chi connectivity index (χ4v) is 4.15. The monoisotopic (exact) mass is 489 g/mol. The van der Waals surface area contributed by atoms with Crippen LogP contribution in [0.25, 0.3) is 11.1 Å². The molecule has 186 valence electrons. The third-order valence-corrected chi connectivity index (χ3v) is 6.01. The average molecular weight is 490 g/mol. The number of ether oxygens (including phenoxy) is 1. The van der Waals surface area contributed by atoms with Gasteiger partial charge < -0.3 is 19.9 Å². The van der Waals surface area contributed by atoms with Gasteiger partial charge in [0.1, 0.15) is 11.6 Å². The van der Waals surface area contributed by atoms with Crippen molar-refractivity contribution in [3.05, 3.63) is 78.1 Å². The number of nitrogens with zero attached hydrogens (tertiary/aromatic N) is 2. The summed E-state index contributed by atoms with van der Waals surface area (Å²) in [6, 6.07) is 16.8. The molecule has 1 heterocycles. The molecule has 1 aliphatic heterocycles. The number of likely N-dealkylation sites (N-methyl/N-ethyl adjacent to an activating group) is 1. The predicted molar refractivity (Wildman–Crippen MR) is 129 cm³/mol. The Morgan fingerprint density at radius 1 is 1.09 bits per heavy atom. The van der Waals surface area contributed by atoms with E-state index in [1.165, 1.54) is 48.5 Å². The van der Waals surface area contributed by atoms with Crippen LogP contribution < -0.4 is 15.0 Å². The van der Waals surface area contributed by atoms with E-state index in [2.05, 4.69) is 15.0 Å². The fourth-order valence-electron chi connectivity index (χ4n) is 4.15. The SMILES string of the molecule is CN(C)C1CCN(c2ccc(NC(=O)c3ccc(-c4ccccc4OC(F)(F)F)cc3)cc2F)C1.[HH]. The van der Waals surface area contributed by atoms with Crippen molar-refractivity contribution < 1.29 is 28.5 Å². The molecule has 3 aromatic carbocycles. The topological polar surface area (TPSA) is 44.8 Å². The molecule has 1 amide bonds. The Kier molecular flexibility index (Phi) is 6.98. The summed E-state index contributed by atoms with van der Waals surface area (Å²) in [5, 5.41) is 2.67. The van der Waals surface area contributed by atoms with Gasteiger partial charge >= 0.3 is 6.36 Å². The quantitative estimate of drug-likeness (QED) is 0.430. The van der Waals surface area contributed by atoms with Gasteiger partial charge in [0.15, 0.2) is 0 Å². The van der Waals surface area contributed by atoms with E-state index in [9.17, 15) is 22.4 Å². The molecular formula is C26H27F4N3O2. The van der Waals surface area contributed by atoms with E-state index in [0.29, 0.717) is 23.0 Å². The summed E-state index contributed by atoms with van der Waals surface area (Å²) >= 11 is 0. The lowest BCUT2D eigenvalue weighted by Crippen LogP contribution is -2.31. The number of anilines is 2. The predicted octanol–water partition coefficient (Wildman–Crippen LogP) is 6.03. The van der Waals surface area contributed by atoms with Crippen LogP contribution in [0.15, 0.2) is 66.7 Å². The lowest BCUT2D eigenvalue weighted by atomic mass is 10.0. The van der Waals surface area contributed by atoms with Crippen LogP contribution in [0.2, 0.25) is 0 Å². The summed E-state index contributed by atoms with van der Waals surface area (Å²) in [4.78, 5) is 16.8. The van der Waals surface area contributed by atoms with Gasteiger partial charge in [0.05, 0.1) is 5.69 Å². The van der Waals surface area contributed by atoms with Crippen molar-refractivity contribution in [1.82, 2.24) is 4.90 Å². The second-order valence-electron chi connectivity index (χ2n) is 8.59. The van der Waals surface area contributed by atoms with Crippen LogP contribution in [0.4, 0.5) is 28.9 Å². The summed E-state index contributed by atoms with van der Waals surface area (Å²) in [7, 11) is 4.01. The smallest absolute Gasteiger partial charge is 0.405 e. The van der Waals surface area contributed by atoms with Crippen molar-refractivity contribution in [3.63, 3.8) is 0 Å². The van der Waals surface area contributed by atoms with Crippen LogP contribution in [-0.4, -0.2) is 50.4 Å². The number of benzene rings is 3. The number of rotatable bonds is 6. The number of alkyl halides is 3. The minimum atomic E-state index is -4.82. The first-order valence-electron chi connectivity index (χ1n) is 11.1. The molecular weight excluding hydrogens is 462 g/mol. The van der Waals surface area contributed by atoms with E-state index in [0.717, 1.165) is 19.5 Å². The van der Waals surface area contributed by atoms with E-state index in [-0.39, 0.29) is 18.3 Å². The maximum absolute atomic E-state index is 14.8. The van der Waals surface area contributed by atoms with E-state index < -0.39 is 18.1 Å². The largest absolute Gasteiger partial charge is 0.573 e. The van der Waals surface area contributed by atoms with Crippen molar-refractivity contribution in [2.45, 2.75) is 18.8 Å². The second kappa shape index (κ2) is 9.95. The Balaban J connectivity index is 0.00000361. The third-order valence-electron chi connectivity index (χ3n) is 6.01. The normalized spacial score (nSPS) is 16.0. The van der Waals surface area contributed by atoms with Gasteiger partial charge in [-0.25, -0.2) is 4.39 Å². The number of halogens is 4. The van der Waals surface area contributed by atoms with Gasteiger partial charge in [0.25, 0.3) is 5.91 Å². The Morgan fingerprint density at radius 2 is 1.80 bits per heavy atom. The molecule has 4 rings (SSSR count). The molecule has 1 unspecified atom stereocenters. The summed E-state index contributed by atoms with van der Waals surface area (Å²) in [5.74, 6) is -1.21. The van der Waals surface area contributed by atoms with Crippen LogP contribution in [0.1, 0.15) is 18.2 Å².